The molecule has 2 aromatic rings. The normalized spacial score (nSPS) is 14.0. The van der Waals surface area contributed by atoms with Crippen LogP contribution in [-0.2, 0) is 35.0 Å². The lowest BCUT2D eigenvalue weighted by atomic mass is 9.99. The molecule has 1 aliphatic heterocycles. The molecule has 0 aromatic heterocycles. The van der Waals surface area contributed by atoms with Crippen LogP contribution in [0.5, 0.6) is 0 Å². The minimum Gasteiger partial charge on any atom is -0.495 e. The molecule has 0 N–H and O–H groups in total. The predicted molar refractivity (Wildman–Crippen MR) is 117 cm³/mol. The van der Waals surface area contributed by atoms with E-state index in [1.165, 1.54) is 40.4 Å². The molecule has 8 nitrogen and oxygen atoms in total. The van der Waals surface area contributed by atoms with Crippen LogP contribution in [0.25, 0.3) is 11.3 Å². The molecule has 2 amide bonds. The lowest BCUT2D eigenvalue weighted by Gasteiger charge is -2.13. The van der Waals surface area contributed by atoms with Crippen molar-refractivity contribution in [1.29, 1.82) is 0 Å². The summed E-state index contributed by atoms with van der Waals surface area (Å²) >= 11 is 0. The van der Waals surface area contributed by atoms with Gasteiger partial charge in [-0.15, -0.1) is 0 Å². The SMILES string of the molecule is COC(=O)CCc1ccc(/C(OC)=C2\C(=O)N(C(C)=O)c3cc(C(=O)OC)ccc32)cc1. The highest BCUT2D eigenvalue weighted by Crippen LogP contribution is 2.41. The van der Waals surface area contributed by atoms with E-state index >= 15 is 0 Å². The topological polar surface area (TPSA) is 99.2 Å². The van der Waals surface area contributed by atoms with Gasteiger partial charge in [0.05, 0.1) is 38.2 Å². The van der Waals surface area contributed by atoms with Gasteiger partial charge in [-0.25, -0.2) is 9.69 Å². The zero-order valence-corrected chi connectivity index (χ0v) is 18.3. The molecule has 0 aliphatic carbocycles. The van der Waals surface area contributed by atoms with E-state index in [2.05, 4.69) is 4.74 Å². The maximum atomic E-state index is 13.2. The maximum absolute atomic E-state index is 13.2. The molecular formula is C24H23NO7. The van der Waals surface area contributed by atoms with E-state index in [-0.39, 0.29) is 23.5 Å². The second-order valence-electron chi connectivity index (χ2n) is 7.06. The minimum absolute atomic E-state index is 0.219. The monoisotopic (exact) mass is 437 g/mol. The van der Waals surface area contributed by atoms with E-state index in [9.17, 15) is 19.2 Å². The third-order valence-corrected chi connectivity index (χ3v) is 5.15. The third kappa shape index (κ3) is 4.25. The van der Waals surface area contributed by atoms with Crippen molar-refractivity contribution in [3.05, 3.63) is 64.7 Å². The number of benzene rings is 2. The number of ether oxygens (including phenoxy) is 3. The van der Waals surface area contributed by atoms with Crippen LogP contribution in [0, 0.1) is 0 Å². The number of aryl methyl sites for hydroxylation is 1. The van der Waals surface area contributed by atoms with Gasteiger partial charge in [0.25, 0.3) is 5.91 Å². The summed E-state index contributed by atoms with van der Waals surface area (Å²) in [4.78, 5) is 49.8. The summed E-state index contributed by atoms with van der Waals surface area (Å²) < 4.78 is 15.0. The molecule has 8 heteroatoms. The summed E-state index contributed by atoms with van der Waals surface area (Å²) in [6.07, 6.45) is 0.776. The fourth-order valence-electron chi connectivity index (χ4n) is 3.58. The second-order valence-corrected chi connectivity index (χ2v) is 7.06. The van der Waals surface area contributed by atoms with E-state index in [0.29, 0.717) is 29.0 Å². The van der Waals surface area contributed by atoms with Crippen LogP contribution < -0.4 is 4.90 Å². The van der Waals surface area contributed by atoms with Crippen LogP contribution >= 0.6 is 0 Å². The summed E-state index contributed by atoms with van der Waals surface area (Å²) in [7, 11) is 4.05. The van der Waals surface area contributed by atoms with Gasteiger partial charge >= 0.3 is 11.9 Å². The standard InChI is InChI=1S/C24H23NO7/c1-14(26)25-19-13-17(24(29)32-4)10-11-18(19)21(23(25)28)22(31-3)16-8-5-15(6-9-16)7-12-20(27)30-2/h5-6,8-11,13H,7,12H2,1-4H3/b22-21+. The van der Waals surface area contributed by atoms with Crippen LogP contribution in [0.3, 0.4) is 0 Å². The van der Waals surface area contributed by atoms with Crippen molar-refractivity contribution in [3.8, 4) is 0 Å². The van der Waals surface area contributed by atoms with Crippen LogP contribution in [0.1, 0.15) is 40.4 Å². The summed E-state index contributed by atoms with van der Waals surface area (Å²) in [5, 5.41) is 0. The number of fused-ring (bicyclic) bond motifs is 1. The highest BCUT2D eigenvalue weighted by molar-refractivity contribution is 6.43. The molecule has 0 saturated carbocycles. The molecule has 1 aliphatic rings. The molecule has 0 radical (unpaired) electrons. The molecule has 0 saturated heterocycles. The van der Waals surface area contributed by atoms with Gasteiger partial charge in [0.15, 0.2) is 0 Å². The summed E-state index contributed by atoms with van der Waals surface area (Å²) in [5.41, 5.74) is 2.77. The average Bonchev–Trinajstić information content (AvgIpc) is 3.09. The van der Waals surface area contributed by atoms with Crippen LogP contribution in [0.15, 0.2) is 42.5 Å². The third-order valence-electron chi connectivity index (χ3n) is 5.15. The molecular weight excluding hydrogens is 414 g/mol. The fourth-order valence-corrected chi connectivity index (χ4v) is 3.58. The minimum atomic E-state index is -0.573. The number of rotatable bonds is 6. The van der Waals surface area contributed by atoms with Gasteiger partial charge in [0.2, 0.25) is 5.91 Å². The Kier molecular flexibility index (Phi) is 6.73. The largest absolute Gasteiger partial charge is 0.495 e. The van der Waals surface area contributed by atoms with Crippen LogP contribution in [0.4, 0.5) is 5.69 Å². The van der Waals surface area contributed by atoms with Crippen LogP contribution in [0.2, 0.25) is 0 Å². The first-order valence-electron chi connectivity index (χ1n) is 9.84. The molecule has 0 fully saturated rings. The number of hydrogen-bond donors (Lipinski definition) is 0. The number of esters is 2. The second kappa shape index (κ2) is 9.47. The van der Waals surface area contributed by atoms with Gasteiger partial charge in [0, 0.05) is 24.5 Å². The highest BCUT2D eigenvalue weighted by atomic mass is 16.5. The molecule has 0 spiro atoms. The summed E-state index contributed by atoms with van der Waals surface area (Å²) in [6.45, 7) is 1.28. The molecule has 0 atom stereocenters. The first-order valence-corrected chi connectivity index (χ1v) is 9.84. The van der Waals surface area contributed by atoms with Crippen molar-refractivity contribution < 1.29 is 33.4 Å². The highest BCUT2D eigenvalue weighted by Gasteiger charge is 2.38. The van der Waals surface area contributed by atoms with Crippen molar-refractivity contribution >= 4 is 40.8 Å². The number of imide groups is 1. The number of methoxy groups -OCH3 is 3. The van der Waals surface area contributed by atoms with Crippen LogP contribution in [-0.4, -0.2) is 45.1 Å². The molecule has 2 aromatic carbocycles. The Morgan fingerprint density at radius 3 is 2.09 bits per heavy atom. The summed E-state index contributed by atoms with van der Waals surface area (Å²) in [5.74, 6) is -1.60. The van der Waals surface area contributed by atoms with Crippen molar-refractivity contribution in [1.82, 2.24) is 0 Å². The number of carbonyl (C=O) groups excluding carboxylic acids is 4. The Morgan fingerprint density at radius 2 is 1.53 bits per heavy atom. The van der Waals surface area contributed by atoms with Crippen molar-refractivity contribution in [2.45, 2.75) is 19.8 Å². The predicted octanol–water partition coefficient (Wildman–Crippen LogP) is 2.99. The van der Waals surface area contributed by atoms with E-state index in [1.807, 2.05) is 12.1 Å². The number of anilines is 1. The number of amides is 2. The Balaban J connectivity index is 2.06. The Labute approximate surface area is 185 Å². The maximum Gasteiger partial charge on any atom is 0.337 e. The summed E-state index contributed by atoms with van der Waals surface area (Å²) in [6, 6.07) is 11.8. The van der Waals surface area contributed by atoms with Crippen molar-refractivity contribution in [2.24, 2.45) is 0 Å². The Bertz CT molecular complexity index is 1120. The lowest BCUT2D eigenvalue weighted by Crippen LogP contribution is -2.31. The quantitative estimate of drug-likeness (QED) is 0.389. The smallest absolute Gasteiger partial charge is 0.337 e. The number of nitrogens with zero attached hydrogens (tertiary/aromatic N) is 1. The molecule has 166 valence electrons. The van der Waals surface area contributed by atoms with E-state index in [0.717, 1.165) is 10.5 Å². The van der Waals surface area contributed by atoms with E-state index in [1.54, 1.807) is 18.2 Å². The van der Waals surface area contributed by atoms with Gasteiger partial charge in [-0.05, 0) is 24.1 Å². The van der Waals surface area contributed by atoms with Crippen molar-refractivity contribution in [2.75, 3.05) is 26.2 Å². The number of carbonyl (C=O) groups is 4. The van der Waals surface area contributed by atoms with Gasteiger partial charge < -0.3 is 14.2 Å². The molecule has 0 bridgehead atoms. The van der Waals surface area contributed by atoms with Gasteiger partial charge in [-0.3, -0.25) is 14.4 Å². The molecule has 32 heavy (non-hydrogen) atoms. The number of hydrogen-bond acceptors (Lipinski definition) is 7. The van der Waals surface area contributed by atoms with E-state index < -0.39 is 17.8 Å². The zero-order valence-electron chi connectivity index (χ0n) is 18.3. The molecule has 3 rings (SSSR count). The van der Waals surface area contributed by atoms with Gasteiger partial charge in [0.1, 0.15) is 5.76 Å². The zero-order chi connectivity index (χ0) is 23.4. The lowest BCUT2D eigenvalue weighted by molar-refractivity contribution is -0.140. The Hall–Kier alpha value is -3.94. The fraction of sp³-hybridized carbons (Fsp3) is 0.250. The van der Waals surface area contributed by atoms with Crippen molar-refractivity contribution in [3.63, 3.8) is 0 Å². The molecule has 0 unspecified atom stereocenters. The van der Waals surface area contributed by atoms with E-state index in [4.69, 9.17) is 9.47 Å². The first kappa shape index (κ1) is 22.7. The first-order chi connectivity index (χ1) is 15.3. The van der Waals surface area contributed by atoms with Gasteiger partial charge in [-0.1, -0.05) is 30.3 Å². The Morgan fingerprint density at radius 1 is 0.875 bits per heavy atom. The average molecular weight is 437 g/mol. The van der Waals surface area contributed by atoms with Gasteiger partial charge in [-0.2, -0.15) is 0 Å². The molecule has 1 heterocycles.